The molecule has 2 aromatic heterocycles. The van der Waals surface area contributed by atoms with Gasteiger partial charge in [0.05, 0.1) is 18.1 Å². The lowest BCUT2D eigenvalue weighted by Gasteiger charge is -2.21. The highest BCUT2D eigenvalue weighted by atomic mass is 79.9. The smallest absolute Gasteiger partial charge is 0.217 e. The monoisotopic (exact) mass is 513 g/mol. The number of rotatable bonds is 8. The zero-order valence-corrected chi connectivity index (χ0v) is 20.2. The summed E-state index contributed by atoms with van der Waals surface area (Å²) in [6.45, 7) is 1.10. The van der Waals surface area contributed by atoms with Crippen LogP contribution in [0.4, 0.5) is 5.82 Å². The van der Waals surface area contributed by atoms with Crippen LogP contribution in [-0.2, 0) is 6.54 Å². The summed E-state index contributed by atoms with van der Waals surface area (Å²) in [5.41, 5.74) is 1.09. The molecule has 0 bridgehead atoms. The van der Waals surface area contributed by atoms with E-state index in [1.165, 1.54) is 0 Å². The van der Waals surface area contributed by atoms with Crippen molar-refractivity contribution in [3.05, 3.63) is 64.8 Å². The Morgan fingerprint density at radius 1 is 1.25 bits per heavy atom. The van der Waals surface area contributed by atoms with Gasteiger partial charge in [-0.3, -0.25) is 4.79 Å². The number of hydrogen-bond donors (Lipinski definition) is 0. The molecule has 0 saturated heterocycles. The first kappa shape index (κ1) is 22.5. The number of aromatic nitrogens is 4. The van der Waals surface area contributed by atoms with Crippen molar-refractivity contribution in [1.82, 2.24) is 19.7 Å². The highest BCUT2D eigenvalue weighted by Crippen LogP contribution is 2.31. The molecule has 9 heteroatoms. The van der Waals surface area contributed by atoms with Crippen LogP contribution in [-0.4, -0.2) is 44.2 Å². The molecule has 0 aliphatic carbocycles. The maximum Gasteiger partial charge on any atom is 0.217 e. The number of ether oxygens (including phenoxy) is 1. The summed E-state index contributed by atoms with van der Waals surface area (Å²) in [5.74, 6) is 1.85. The van der Waals surface area contributed by atoms with Gasteiger partial charge in [-0.25, -0.2) is 14.6 Å². The fourth-order valence-corrected chi connectivity index (χ4v) is 4.42. The lowest BCUT2D eigenvalue weighted by molar-refractivity contribution is 0.0968. The third kappa shape index (κ3) is 5.39. The van der Waals surface area contributed by atoms with Crippen molar-refractivity contribution >= 4 is 44.7 Å². The number of halogens is 1. The molecule has 32 heavy (non-hydrogen) atoms. The van der Waals surface area contributed by atoms with Gasteiger partial charge < -0.3 is 9.64 Å². The van der Waals surface area contributed by atoms with Crippen LogP contribution in [0.25, 0.3) is 0 Å². The molecular weight excluding hydrogens is 490 g/mol. The predicted octanol–water partition coefficient (Wildman–Crippen LogP) is 4.70. The molecule has 3 heterocycles. The van der Waals surface area contributed by atoms with Crippen LogP contribution < -0.4 is 9.64 Å². The Bertz CT molecular complexity index is 1120. The SMILES string of the molecule is CN1C(=S)C(CCCCC(=O)c2ncn(Cc3cccc(Br)c3)n2)COc2cccnc21. The van der Waals surface area contributed by atoms with E-state index in [1.54, 1.807) is 17.2 Å². The molecule has 0 fully saturated rings. The zero-order chi connectivity index (χ0) is 22.5. The summed E-state index contributed by atoms with van der Waals surface area (Å²) in [6, 6.07) is 11.8. The lowest BCUT2D eigenvalue weighted by atomic mass is 10.0. The number of fused-ring (bicyclic) bond motifs is 1. The van der Waals surface area contributed by atoms with Crippen LogP contribution in [0.3, 0.4) is 0 Å². The molecule has 1 aromatic carbocycles. The number of pyridine rings is 1. The van der Waals surface area contributed by atoms with Crippen LogP contribution in [0, 0.1) is 5.92 Å². The van der Waals surface area contributed by atoms with Crippen molar-refractivity contribution in [3.63, 3.8) is 0 Å². The number of thiocarbonyl (C=S) groups is 1. The molecule has 0 amide bonds. The number of unbranched alkanes of at least 4 members (excludes halogenated alkanes) is 1. The van der Waals surface area contributed by atoms with Gasteiger partial charge in [0.25, 0.3) is 0 Å². The Morgan fingerprint density at radius 2 is 2.12 bits per heavy atom. The van der Waals surface area contributed by atoms with Crippen molar-refractivity contribution in [1.29, 1.82) is 0 Å². The number of anilines is 1. The molecule has 1 atom stereocenters. The quantitative estimate of drug-likeness (QED) is 0.245. The average molecular weight is 514 g/mol. The number of ketones is 1. The molecule has 166 valence electrons. The largest absolute Gasteiger partial charge is 0.489 e. The molecule has 3 aromatic rings. The summed E-state index contributed by atoms with van der Waals surface area (Å²) < 4.78 is 8.63. The van der Waals surface area contributed by atoms with Gasteiger partial charge in [-0.1, -0.05) is 46.7 Å². The van der Waals surface area contributed by atoms with E-state index in [2.05, 4.69) is 31.0 Å². The lowest BCUT2D eigenvalue weighted by Crippen LogP contribution is -2.32. The number of nitrogens with zero attached hydrogens (tertiary/aromatic N) is 5. The van der Waals surface area contributed by atoms with Crippen molar-refractivity contribution in [2.45, 2.75) is 32.2 Å². The third-order valence-electron chi connectivity index (χ3n) is 5.41. The van der Waals surface area contributed by atoms with E-state index in [1.807, 2.05) is 48.3 Å². The van der Waals surface area contributed by atoms with Crippen molar-refractivity contribution in [2.75, 3.05) is 18.6 Å². The summed E-state index contributed by atoms with van der Waals surface area (Å²) >= 11 is 9.13. The molecule has 0 radical (unpaired) electrons. The molecule has 7 nitrogen and oxygen atoms in total. The fraction of sp³-hybridized carbons (Fsp3) is 0.348. The summed E-state index contributed by atoms with van der Waals surface area (Å²) in [5, 5.41) is 4.35. The predicted molar refractivity (Wildman–Crippen MR) is 130 cm³/mol. The van der Waals surface area contributed by atoms with E-state index in [9.17, 15) is 4.79 Å². The molecule has 0 spiro atoms. The van der Waals surface area contributed by atoms with Crippen molar-refractivity contribution in [3.8, 4) is 5.75 Å². The van der Waals surface area contributed by atoms with E-state index >= 15 is 0 Å². The molecule has 1 aliphatic heterocycles. The topological polar surface area (TPSA) is 73.1 Å². The maximum absolute atomic E-state index is 12.5. The number of carbonyl (C=O) groups is 1. The van der Waals surface area contributed by atoms with Crippen LogP contribution in [0.1, 0.15) is 41.9 Å². The first-order chi connectivity index (χ1) is 15.5. The van der Waals surface area contributed by atoms with E-state index < -0.39 is 0 Å². The second-order valence-corrected chi connectivity index (χ2v) is 9.13. The van der Waals surface area contributed by atoms with Gasteiger partial charge in [-0.2, -0.15) is 0 Å². The second-order valence-electron chi connectivity index (χ2n) is 7.79. The second kappa shape index (κ2) is 10.3. The van der Waals surface area contributed by atoms with Gasteiger partial charge in [-0.05, 0) is 42.7 Å². The number of benzene rings is 1. The Kier molecular flexibility index (Phi) is 7.26. The van der Waals surface area contributed by atoms with Gasteiger partial charge in [0, 0.05) is 30.1 Å². The minimum absolute atomic E-state index is 0.0357. The van der Waals surface area contributed by atoms with Crippen molar-refractivity contribution in [2.24, 2.45) is 5.92 Å². The highest BCUT2D eigenvalue weighted by Gasteiger charge is 2.26. The normalized spacial score (nSPS) is 15.8. The average Bonchev–Trinajstić information content (AvgIpc) is 3.22. The van der Waals surface area contributed by atoms with Crippen LogP contribution in [0.5, 0.6) is 5.75 Å². The van der Waals surface area contributed by atoms with Gasteiger partial charge in [0.2, 0.25) is 11.6 Å². The van der Waals surface area contributed by atoms with Crippen molar-refractivity contribution < 1.29 is 9.53 Å². The van der Waals surface area contributed by atoms with Gasteiger partial charge in [0.15, 0.2) is 11.6 Å². The van der Waals surface area contributed by atoms with E-state index in [0.29, 0.717) is 19.6 Å². The van der Waals surface area contributed by atoms with Crippen LogP contribution in [0.2, 0.25) is 0 Å². The summed E-state index contributed by atoms with van der Waals surface area (Å²) in [7, 11) is 1.93. The number of Topliss-reactive ketones (excluding diaryl/α,β-unsaturated/α-hetero) is 1. The molecule has 1 unspecified atom stereocenters. The summed E-state index contributed by atoms with van der Waals surface area (Å²) in [4.78, 5) is 23.8. The zero-order valence-electron chi connectivity index (χ0n) is 17.8. The minimum Gasteiger partial charge on any atom is -0.489 e. The van der Waals surface area contributed by atoms with E-state index in [4.69, 9.17) is 17.0 Å². The molecule has 1 aliphatic rings. The van der Waals surface area contributed by atoms with E-state index in [0.717, 1.165) is 45.9 Å². The first-order valence-electron chi connectivity index (χ1n) is 10.5. The Labute approximate surface area is 200 Å². The van der Waals surface area contributed by atoms with Crippen LogP contribution in [0.15, 0.2) is 53.4 Å². The fourth-order valence-electron chi connectivity index (χ4n) is 3.70. The Morgan fingerprint density at radius 3 is 2.97 bits per heavy atom. The maximum atomic E-state index is 12.5. The van der Waals surface area contributed by atoms with E-state index in [-0.39, 0.29) is 17.5 Å². The number of hydrogen-bond acceptors (Lipinski definition) is 6. The highest BCUT2D eigenvalue weighted by molar-refractivity contribution is 9.10. The number of carbonyl (C=O) groups excluding carboxylic acids is 1. The Hall–Kier alpha value is -2.65. The van der Waals surface area contributed by atoms with Crippen LogP contribution >= 0.6 is 28.1 Å². The van der Waals surface area contributed by atoms with Gasteiger partial charge in [-0.15, -0.1) is 5.10 Å². The molecular formula is C23H24BrN5O2S. The third-order valence-corrected chi connectivity index (χ3v) is 6.51. The standard InChI is InChI=1S/C23H24BrN5O2S/c1-28-22-20(10-5-11-25-22)31-14-17(23(28)32)7-2-3-9-19(30)21-26-15-29(27-21)13-16-6-4-8-18(24)12-16/h4-6,8,10-12,15,17H,2-3,7,9,13-14H2,1H3. The van der Waals surface area contributed by atoms with Gasteiger partial charge in [0.1, 0.15) is 6.33 Å². The molecule has 0 saturated carbocycles. The first-order valence-corrected chi connectivity index (χ1v) is 11.7. The Balaban J connectivity index is 1.25. The van der Waals surface area contributed by atoms with Gasteiger partial charge >= 0.3 is 0 Å². The minimum atomic E-state index is -0.0357. The molecule has 0 N–H and O–H groups in total. The molecule has 4 rings (SSSR count). The summed E-state index contributed by atoms with van der Waals surface area (Å²) in [6.07, 6.45) is 6.25.